The van der Waals surface area contributed by atoms with Crippen LogP contribution in [-0.4, -0.2) is 44.4 Å². The van der Waals surface area contributed by atoms with E-state index in [1.54, 1.807) is 24.2 Å². The molecule has 2 N–H and O–H groups in total. The summed E-state index contributed by atoms with van der Waals surface area (Å²) in [5.74, 6) is 1.35. The molecule has 1 atom stereocenters. The van der Waals surface area contributed by atoms with Gasteiger partial charge in [0.25, 0.3) is 0 Å². The maximum absolute atomic E-state index is 12.2. The molecule has 0 radical (unpaired) electrons. The number of anilines is 1. The quantitative estimate of drug-likeness (QED) is 0.866. The van der Waals surface area contributed by atoms with Crippen LogP contribution in [0.15, 0.2) is 16.9 Å². The molecule has 2 amide bonds. The average molecular weight is 276 g/mol. The van der Waals surface area contributed by atoms with Crippen LogP contribution in [0.5, 0.6) is 0 Å². The number of amides is 2. The topological polar surface area (TPSA) is 99.9 Å². The fourth-order valence-corrected chi connectivity index (χ4v) is 2.36. The Balaban J connectivity index is 1.64. The maximum atomic E-state index is 12.2. The Morgan fingerprint density at radius 2 is 2.50 bits per heavy atom. The number of carbonyl (C=O) groups is 1. The Labute approximate surface area is 115 Å². The molecule has 1 saturated heterocycles. The first kappa shape index (κ1) is 12.6. The van der Waals surface area contributed by atoms with Gasteiger partial charge in [-0.1, -0.05) is 5.16 Å². The summed E-state index contributed by atoms with van der Waals surface area (Å²) >= 11 is 0. The average Bonchev–Trinajstić information content (AvgIpc) is 3.10. The third-order valence-electron chi connectivity index (χ3n) is 3.35. The molecule has 2 aromatic heterocycles. The van der Waals surface area contributed by atoms with E-state index in [1.165, 1.54) is 0 Å². The highest BCUT2D eigenvalue weighted by Gasteiger charge is 2.28. The summed E-state index contributed by atoms with van der Waals surface area (Å²) in [6.45, 7) is 3.11. The molecule has 3 rings (SSSR count). The number of aryl methyl sites for hydroxylation is 1. The molecule has 1 aliphatic rings. The van der Waals surface area contributed by atoms with Crippen molar-refractivity contribution in [3.8, 4) is 0 Å². The van der Waals surface area contributed by atoms with E-state index in [0.717, 1.165) is 19.4 Å². The van der Waals surface area contributed by atoms with Crippen molar-refractivity contribution in [3.63, 3.8) is 0 Å². The Kier molecular flexibility index (Phi) is 3.36. The zero-order chi connectivity index (χ0) is 13.9. The molecule has 0 aromatic carbocycles. The van der Waals surface area contributed by atoms with Gasteiger partial charge in [0.2, 0.25) is 5.89 Å². The summed E-state index contributed by atoms with van der Waals surface area (Å²) in [6.07, 6.45) is 5.09. The molecule has 0 unspecified atom stereocenters. The number of H-pyrrole nitrogens is 1. The van der Waals surface area contributed by atoms with E-state index < -0.39 is 0 Å². The van der Waals surface area contributed by atoms with E-state index in [1.807, 2.05) is 0 Å². The van der Waals surface area contributed by atoms with Crippen LogP contribution in [0.4, 0.5) is 10.5 Å². The summed E-state index contributed by atoms with van der Waals surface area (Å²) in [7, 11) is 0. The fourth-order valence-electron chi connectivity index (χ4n) is 2.36. The van der Waals surface area contributed by atoms with E-state index in [-0.39, 0.29) is 11.9 Å². The van der Waals surface area contributed by atoms with Gasteiger partial charge in [0.15, 0.2) is 5.82 Å². The number of rotatable bonds is 2. The standard InChI is InChI=1S/C12H16N6O2/c1-8-15-11(20-17-8)9-3-2-4-18(7-9)12(19)16-10-5-13-14-6-10/h5-6,9H,2-4,7H2,1H3,(H,13,14)(H,16,19)/t9-/m0/s1. The molecular formula is C12H16N6O2. The molecule has 0 spiro atoms. The normalized spacial score (nSPS) is 19.1. The number of nitrogens with zero attached hydrogens (tertiary/aromatic N) is 4. The molecular weight excluding hydrogens is 260 g/mol. The molecule has 8 heteroatoms. The minimum atomic E-state index is -0.132. The third-order valence-corrected chi connectivity index (χ3v) is 3.35. The maximum Gasteiger partial charge on any atom is 0.321 e. The van der Waals surface area contributed by atoms with Crippen LogP contribution < -0.4 is 5.32 Å². The highest BCUT2D eigenvalue weighted by atomic mass is 16.5. The van der Waals surface area contributed by atoms with Crippen LogP contribution in [0.2, 0.25) is 0 Å². The van der Waals surface area contributed by atoms with E-state index in [4.69, 9.17) is 4.52 Å². The second-order valence-electron chi connectivity index (χ2n) is 4.88. The van der Waals surface area contributed by atoms with Crippen LogP contribution in [0.1, 0.15) is 30.5 Å². The Hall–Kier alpha value is -2.38. The smallest absolute Gasteiger partial charge is 0.321 e. The first-order valence-corrected chi connectivity index (χ1v) is 6.57. The fraction of sp³-hybridized carbons (Fsp3) is 0.500. The van der Waals surface area contributed by atoms with Crippen molar-refractivity contribution in [1.82, 2.24) is 25.2 Å². The first-order valence-electron chi connectivity index (χ1n) is 6.57. The van der Waals surface area contributed by atoms with Gasteiger partial charge in [0.1, 0.15) is 0 Å². The van der Waals surface area contributed by atoms with Gasteiger partial charge in [-0.2, -0.15) is 10.1 Å². The zero-order valence-corrected chi connectivity index (χ0v) is 11.2. The molecule has 106 valence electrons. The van der Waals surface area contributed by atoms with Gasteiger partial charge in [-0.05, 0) is 19.8 Å². The monoisotopic (exact) mass is 276 g/mol. The number of urea groups is 1. The van der Waals surface area contributed by atoms with Crippen molar-refractivity contribution < 1.29 is 9.32 Å². The van der Waals surface area contributed by atoms with Gasteiger partial charge in [-0.15, -0.1) is 0 Å². The van der Waals surface area contributed by atoms with Crippen molar-refractivity contribution in [2.45, 2.75) is 25.7 Å². The van der Waals surface area contributed by atoms with Gasteiger partial charge in [0, 0.05) is 19.3 Å². The van der Waals surface area contributed by atoms with E-state index in [2.05, 4.69) is 25.7 Å². The van der Waals surface area contributed by atoms with Gasteiger partial charge in [0.05, 0.1) is 17.8 Å². The van der Waals surface area contributed by atoms with Gasteiger partial charge in [-0.3, -0.25) is 5.10 Å². The van der Waals surface area contributed by atoms with Crippen LogP contribution in [-0.2, 0) is 0 Å². The summed E-state index contributed by atoms with van der Waals surface area (Å²) < 4.78 is 5.20. The first-order chi connectivity index (χ1) is 9.72. The molecule has 1 aliphatic heterocycles. The summed E-state index contributed by atoms with van der Waals surface area (Å²) in [5, 5.41) is 13.1. The van der Waals surface area contributed by atoms with E-state index in [9.17, 15) is 4.79 Å². The number of aromatic nitrogens is 4. The molecule has 20 heavy (non-hydrogen) atoms. The Bertz CT molecular complexity index is 579. The van der Waals surface area contributed by atoms with Crippen molar-refractivity contribution in [2.75, 3.05) is 18.4 Å². The minimum absolute atomic E-state index is 0.111. The minimum Gasteiger partial charge on any atom is -0.339 e. The van der Waals surface area contributed by atoms with Crippen molar-refractivity contribution in [2.24, 2.45) is 0 Å². The highest BCUT2D eigenvalue weighted by molar-refractivity contribution is 5.89. The molecule has 1 fully saturated rings. The Morgan fingerprint density at radius 3 is 3.20 bits per heavy atom. The number of piperidine rings is 1. The molecule has 8 nitrogen and oxygen atoms in total. The lowest BCUT2D eigenvalue weighted by atomic mass is 9.98. The van der Waals surface area contributed by atoms with Gasteiger partial charge >= 0.3 is 6.03 Å². The molecule has 2 aromatic rings. The predicted molar refractivity (Wildman–Crippen MR) is 70.2 cm³/mol. The summed E-state index contributed by atoms with van der Waals surface area (Å²) in [5.41, 5.74) is 0.658. The molecule has 0 saturated carbocycles. The summed E-state index contributed by atoms with van der Waals surface area (Å²) in [4.78, 5) is 18.2. The number of aromatic amines is 1. The second-order valence-corrected chi connectivity index (χ2v) is 4.88. The zero-order valence-electron chi connectivity index (χ0n) is 11.2. The number of nitrogens with one attached hydrogen (secondary N) is 2. The van der Waals surface area contributed by atoms with Crippen molar-refractivity contribution in [3.05, 3.63) is 24.1 Å². The lowest BCUT2D eigenvalue weighted by molar-refractivity contribution is 0.184. The largest absolute Gasteiger partial charge is 0.339 e. The number of hydrogen-bond acceptors (Lipinski definition) is 5. The SMILES string of the molecule is Cc1noc([C@H]2CCCN(C(=O)Nc3cn[nH]c3)C2)n1. The summed E-state index contributed by atoms with van der Waals surface area (Å²) in [6, 6.07) is -0.132. The van der Waals surface area contributed by atoms with Gasteiger partial charge < -0.3 is 14.7 Å². The highest BCUT2D eigenvalue weighted by Crippen LogP contribution is 2.25. The van der Waals surface area contributed by atoms with Crippen molar-refractivity contribution >= 4 is 11.7 Å². The lowest BCUT2D eigenvalue weighted by Crippen LogP contribution is -2.41. The van der Waals surface area contributed by atoms with Crippen LogP contribution in [0.3, 0.4) is 0 Å². The number of hydrogen-bond donors (Lipinski definition) is 2. The van der Waals surface area contributed by atoms with E-state index in [0.29, 0.717) is 23.9 Å². The molecule has 0 aliphatic carbocycles. The van der Waals surface area contributed by atoms with Gasteiger partial charge in [-0.25, -0.2) is 4.79 Å². The molecule has 0 bridgehead atoms. The lowest BCUT2D eigenvalue weighted by Gasteiger charge is -2.30. The van der Waals surface area contributed by atoms with Crippen molar-refractivity contribution in [1.29, 1.82) is 0 Å². The van der Waals surface area contributed by atoms with Crippen LogP contribution in [0, 0.1) is 6.92 Å². The number of carbonyl (C=O) groups excluding carboxylic acids is 1. The number of likely N-dealkylation sites (tertiary alicyclic amines) is 1. The van der Waals surface area contributed by atoms with Crippen LogP contribution in [0.25, 0.3) is 0 Å². The second kappa shape index (κ2) is 5.32. The van der Waals surface area contributed by atoms with E-state index >= 15 is 0 Å². The molecule has 3 heterocycles. The Morgan fingerprint density at radius 1 is 1.60 bits per heavy atom. The predicted octanol–water partition coefficient (Wildman–Crippen LogP) is 1.51. The van der Waals surface area contributed by atoms with Crippen LogP contribution >= 0.6 is 0 Å². The third kappa shape index (κ3) is 2.63.